The van der Waals surface area contributed by atoms with Gasteiger partial charge in [-0.05, 0) is 25.2 Å². The van der Waals surface area contributed by atoms with Gasteiger partial charge in [0.1, 0.15) is 6.20 Å². The van der Waals surface area contributed by atoms with Crippen molar-refractivity contribution in [2.75, 3.05) is 30.3 Å². The Morgan fingerprint density at radius 3 is 2.81 bits per heavy atom. The van der Waals surface area contributed by atoms with Crippen LogP contribution in [0.4, 0.5) is 17.5 Å². The number of aromatic nitrogens is 2. The molecule has 0 spiro atoms. The van der Waals surface area contributed by atoms with Crippen LogP contribution in [0.15, 0.2) is 6.20 Å². The number of nitrogens with one attached hydrogen (secondary N) is 2. The third-order valence-corrected chi connectivity index (χ3v) is 2.98. The molecule has 1 heterocycles. The van der Waals surface area contributed by atoms with Gasteiger partial charge in [0.05, 0.1) is 4.92 Å². The molecule has 1 rings (SSSR count). The molecule has 8 heteroatoms. The predicted octanol–water partition coefficient (Wildman–Crippen LogP) is 2.03. The van der Waals surface area contributed by atoms with Crippen molar-refractivity contribution in [3.63, 3.8) is 0 Å². The van der Waals surface area contributed by atoms with E-state index < -0.39 is 4.92 Å². The van der Waals surface area contributed by atoms with Gasteiger partial charge in [-0.1, -0.05) is 13.8 Å². The summed E-state index contributed by atoms with van der Waals surface area (Å²) in [6, 6.07) is 0. The average molecular weight is 297 g/mol. The predicted molar refractivity (Wildman–Crippen MR) is 81.4 cm³/mol. The van der Waals surface area contributed by atoms with Crippen LogP contribution in [0.1, 0.15) is 33.1 Å². The minimum Gasteiger partial charge on any atom is -0.396 e. The van der Waals surface area contributed by atoms with E-state index in [9.17, 15) is 10.1 Å². The molecular weight excluding hydrogens is 274 g/mol. The molecule has 118 valence electrons. The fourth-order valence-corrected chi connectivity index (χ4v) is 1.71. The second-order valence-corrected chi connectivity index (χ2v) is 4.97. The van der Waals surface area contributed by atoms with Crippen LogP contribution in [0.2, 0.25) is 0 Å². The standard InChI is InChI=1S/C13H23N5O3/c1-3-6-15-13-16-8-11(18(20)21)12(17-13)14-7-4-5-10(2)9-19/h8,10,19H,3-7,9H2,1-2H3,(H2,14,15,16,17). The number of nitrogens with zero attached hydrogens (tertiary/aromatic N) is 3. The van der Waals surface area contributed by atoms with Crippen molar-refractivity contribution in [3.8, 4) is 0 Å². The van der Waals surface area contributed by atoms with Crippen LogP contribution in [0.25, 0.3) is 0 Å². The fraction of sp³-hybridized carbons (Fsp3) is 0.692. The van der Waals surface area contributed by atoms with Crippen LogP contribution >= 0.6 is 0 Å². The summed E-state index contributed by atoms with van der Waals surface area (Å²) in [5.74, 6) is 0.841. The minimum atomic E-state index is -0.498. The molecule has 21 heavy (non-hydrogen) atoms. The molecule has 0 aliphatic heterocycles. The van der Waals surface area contributed by atoms with Crippen molar-refractivity contribution in [1.82, 2.24) is 9.97 Å². The first-order chi connectivity index (χ1) is 10.1. The summed E-state index contributed by atoms with van der Waals surface area (Å²) in [6.45, 7) is 5.40. The molecule has 1 unspecified atom stereocenters. The highest BCUT2D eigenvalue weighted by atomic mass is 16.6. The van der Waals surface area contributed by atoms with Gasteiger partial charge in [-0.25, -0.2) is 4.98 Å². The Bertz CT molecular complexity index is 455. The molecular formula is C13H23N5O3. The van der Waals surface area contributed by atoms with Crippen LogP contribution in [0.3, 0.4) is 0 Å². The number of aliphatic hydroxyl groups is 1. The number of aliphatic hydroxyl groups excluding tert-OH is 1. The van der Waals surface area contributed by atoms with E-state index in [2.05, 4.69) is 20.6 Å². The van der Waals surface area contributed by atoms with E-state index in [0.717, 1.165) is 19.3 Å². The molecule has 0 saturated carbocycles. The number of hydrogen-bond donors (Lipinski definition) is 3. The first kappa shape index (κ1) is 17.1. The molecule has 8 nitrogen and oxygen atoms in total. The van der Waals surface area contributed by atoms with Crippen molar-refractivity contribution in [1.29, 1.82) is 0 Å². The van der Waals surface area contributed by atoms with Crippen LogP contribution in [-0.2, 0) is 0 Å². The van der Waals surface area contributed by atoms with Gasteiger partial charge in [-0.3, -0.25) is 10.1 Å². The van der Waals surface area contributed by atoms with Gasteiger partial charge >= 0.3 is 5.69 Å². The lowest BCUT2D eigenvalue weighted by Gasteiger charge is -2.10. The van der Waals surface area contributed by atoms with Gasteiger partial charge in [0.25, 0.3) is 0 Å². The monoisotopic (exact) mass is 297 g/mol. The highest BCUT2D eigenvalue weighted by molar-refractivity contribution is 5.56. The van der Waals surface area contributed by atoms with Gasteiger partial charge in [0, 0.05) is 19.7 Å². The van der Waals surface area contributed by atoms with Gasteiger partial charge < -0.3 is 15.7 Å². The van der Waals surface area contributed by atoms with Crippen LogP contribution in [0.5, 0.6) is 0 Å². The molecule has 3 N–H and O–H groups in total. The van der Waals surface area contributed by atoms with E-state index in [1.54, 1.807) is 0 Å². The van der Waals surface area contributed by atoms with E-state index in [1.807, 2.05) is 13.8 Å². The molecule has 1 aromatic rings. The van der Waals surface area contributed by atoms with Crippen LogP contribution < -0.4 is 10.6 Å². The highest BCUT2D eigenvalue weighted by Crippen LogP contribution is 2.22. The maximum Gasteiger partial charge on any atom is 0.329 e. The van der Waals surface area contributed by atoms with Crippen LogP contribution in [0, 0.1) is 16.0 Å². The molecule has 0 aliphatic rings. The number of nitro groups is 1. The quantitative estimate of drug-likeness (QED) is 0.344. The zero-order valence-electron chi connectivity index (χ0n) is 12.5. The molecule has 0 aromatic carbocycles. The van der Waals surface area contributed by atoms with Crippen LogP contribution in [-0.4, -0.2) is 39.7 Å². The molecule has 0 bridgehead atoms. The fourth-order valence-electron chi connectivity index (χ4n) is 1.71. The smallest absolute Gasteiger partial charge is 0.329 e. The Kier molecular flexibility index (Phi) is 7.38. The lowest BCUT2D eigenvalue weighted by atomic mass is 10.1. The number of hydrogen-bond acceptors (Lipinski definition) is 7. The first-order valence-corrected chi connectivity index (χ1v) is 7.18. The minimum absolute atomic E-state index is 0.132. The third kappa shape index (κ3) is 5.90. The van der Waals surface area contributed by atoms with Gasteiger partial charge in [0.15, 0.2) is 0 Å². The highest BCUT2D eigenvalue weighted by Gasteiger charge is 2.16. The zero-order valence-corrected chi connectivity index (χ0v) is 12.5. The Balaban J connectivity index is 2.65. The molecule has 0 amide bonds. The molecule has 0 saturated heterocycles. The summed E-state index contributed by atoms with van der Waals surface area (Å²) in [6.07, 6.45) is 3.79. The van der Waals surface area contributed by atoms with E-state index in [-0.39, 0.29) is 24.0 Å². The Morgan fingerprint density at radius 1 is 1.43 bits per heavy atom. The molecule has 1 aromatic heterocycles. The summed E-state index contributed by atoms with van der Waals surface area (Å²) >= 11 is 0. The van der Waals surface area contributed by atoms with Crippen molar-refractivity contribution in [2.45, 2.75) is 33.1 Å². The summed E-state index contributed by atoms with van der Waals surface area (Å²) in [5, 5.41) is 25.9. The van der Waals surface area contributed by atoms with Crippen molar-refractivity contribution in [2.24, 2.45) is 5.92 Å². The molecule has 0 radical (unpaired) electrons. The summed E-state index contributed by atoms with van der Waals surface area (Å²) in [4.78, 5) is 18.5. The van der Waals surface area contributed by atoms with E-state index in [0.29, 0.717) is 19.0 Å². The van der Waals surface area contributed by atoms with E-state index in [1.165, 1.54) is 6.20 Å². The molecule has 1 atom stereocenters. The van der Waals surface area contributed by atoms with Gasteiger partial charge in [0.2, 0.25) is 11.8 Å². The normalized spacial score (nSPS) is 12.0. The summed E-state index contributed by atoms with van der Waals surface area (Å²) in [7, 11) is 0. The summed E-state index contributed by atoms with van der Waals surface area (Å²) in [5.41, 5.74) is -0.132. The maximum atomic E-state index is 11.0. The largest absolute Gasteiger partial charge is 0.396 e. The molecule has 0 fully saturated rings. The first-order valence-electron chi connectivity index (χ1n) is 7.18. The Hall–Kier alpha value is -1.96. The van der Waals surface area contributed by atoms with E-state index >= 15 is 0 Å². The van der Waals surface area contributed by atoms with Gasteiger partial charge in [-0.15, -0.1) is 0 Å². The number of anilines is 2. The maximum absolute atomic E-state index is 11.0. The zero-order chi connectivity index (χ0) is 15.7. The van der Waals surface area contributed by atoms with Crippen molar-refractivity contribution >= 4 is 17.5 Å². The lowest BCUT2D eigenvalue weighted by molar-refractivity contribution is -0.384. The SMILES string of the molecule is CCCNc1ncc([N+](=O)[O-])c(NCCCC(C)CO)n1. The average Bonchev–Trinajstić information content (AvgIpc) is 2.49. The second-order valence-electron chi connectivity index (χ2n) is 4.97. The van der Waals surface area contributed by atoms with Crippen molar-refractivity contribution in [3.05, 3.63) is 16.3 Å². The van der Waals surface area contributed by atoms with E-state index in [4.69, 9.17) is 5.11 Å². The second kappa shape index (κ2) is 9.06. The van der Waals surface area contributed by atoms with Crippen molar-refractivity contribution < 1.29 is 10.0 Å². The number of rotatable bonds is 10. The molecule has 0 aliphatic carbocycles. The third-order valence-electron chi connectivity index (χ3n) is 2.98. The Morgan fingerprint density at radius 2 is 2.19 bits per heavy atom. The Labute approximate surface area is 124 Å². The topological polar surface area (TPSA) is 113 Å². The van der Waals surface area contributed by atoms with Gasteiger partial charge in [-0.2, -0.15) is 4.98 Å². The lowest BCUT2D eigenvalue weighted by Crippen LogP contribution is -2.11. The summed E-state index contributed by atoms with van der Waals surface area (Å²) < 4.78 is 0.